The highest BCUT2D eigenvalue weighted by Crippen LogP contribution is 2.20. The lowest BCUT2D eigenvalue weighted by Gasteiger charge is -2.31. The van der Waals surface area contributed by atoms with Crippen molar-refractivity contribution in [2.75, 3.05) is 24.6 Å². The number of aromatic nitrogens is 3. The second-order valence-electron chi connectivity index (χ2n) is 7.92. The molecule has 6 nitrogen and oxygen atoms in total. The number of anilines is 1. The lowest BCUT2D eigenvalue weighted by molar-refractivity contribution is 0.0899. The molecule has 1 fully saturated rings. The van der Waals surface area contributed by atoms with Gasteiger partial charge >= 0.3 is 0 Å². The summed E-state index contributed by atoms with van der Waals surface area (Å²) in [6, 6.07) is 3.43. The molecule has 0 aromatic carbocycles. The van der Waals surface area contributed by atoms with Crippen LogP contribution < -0.4 is 10.6 Å². The van der Waals surface area contributed by atoms with Crippen LogP contribution in [0, 0.1) is 0 Å². The molecule has 0 saturated carbocycles. The number of rotatable bonds is 6. The van der Waals surface area contributed by atoms with E-state index in [0.717, 1.165) is 49.5 Å². The molecular weight excluding hydrogens is 318 g/mol. The predicted molar refractivity (Wildman–Crippen MR) is 101 cm³/mol. The molecule has 0 amide bonds. The van der Waals surface area contributed by atoms with Crippen LogP contribution in [0.25, 0.3) is 11.2 Å². The van der Waals surface area contributed by atoms with Crippen LogP contribution in [0.2, 0.25) is 25.7 Å². The van der Waals surface area contributed by atoms with Crippen LogP contribution >= 0.6 is 0 Å². The number of piperidine rings is 1. The minimum Gasteiger partial charge on any atom is -0.361 e. The van der Waals surface area contributed by atoms with Crippen LogP contribution in [-0.4, -0.2) is 48.3 Å². The standard InChI is InChI=1S/C17H29N5OSi/c1-24(2,3)10-9-23-13-22-8-6-15-17(22)19-11-16(20-15)21-7-4-5-14(18)12-21/h6,8,11,14H,4-5,7,9-10,12-13,18H2,1-3H3. The Labute approximate surface area is 145 Å². The molecule has 0 radical (unpaired) electrons. The van der Waals surface area contributed by atoms with Crippen molar-refractivity contribution in [3.8, 4) is 0 Å². The fraction of sp³-hybridized carbons (Fsp3) is 0.647. The van der Waals surface area contributed by atoms with Gasteiger partial charge in [-0.05, 0) is 25.0 Å². The number of fused-ring (bicyclic) bond motifs is 1. The second kappa shape index (κ2) is 7.21. The van der Waals surface area contributed by atoms with Gasteiger partial charge in [0.25, 0.3) is 0 Å². The normalized spacial score (nSPS) is 19.2. The molecular formula is C17H29N5OSi. The van der Waals surface area contributed by atoms with Gasteiger partial charge in [-0.1, -0.05) is 19.6 Å². The van der Waals surface area contributed by atoms with Gasteiger partial charge in [-0.3, -0.25) is 0 Å². The maximum absolute atomic E-state index is 6.07. The molecule has 3 heterocycles. The van der Waals surface area contributed by atoms with Crippen molar-refractivity contribution >= 4 is 25.1 Å². The zero-order chi connectivity index (χ0) is 17.2. The van der Waals surface area contributed by atoms with E-state index >= 15 is 0 Å². The number of hydrogen-bond donors (Lipinski definition) is 1. The third-order valence-corrected chi connectivity index (χ3v) is 6.16. The Morgan fingerprint density at radius 2 is 2.21 bits per heavy atom. The molecule has 132 valence electrons. The first-order valence-electron chi connectivity index (χ1n) is 8.82. The SMILES string of the molecule is C[Si](C)(C)CCOCn1ccc2nc(N3CCCC(N)C3)cnc21. The topological polar surface area (TPSA) is 69.2 Å². The highest BCUT2D eigenvalue weighted by Gasteiger charge is 2.19. The molecule has 1 atom stereocenters. The summed E-state index contributed by atoms with van der Waals surface area (Å²) in [7, 11) is -1.04. The zero-order valence-corrected chi connectivity index (χ0v) is 16.0. The summed E-state index contributed by atoms with van der Waals surface area (Å²) in [5, 5.41) is 0. The summed E-state index contributed by atoms with van der Waals surface area (Å²) < 4.78 is 7.85. The van der Waals surface area contributed by atoms with Crippen molar-refractivity contribution in [3.05, 3.63) is 18.5 Å². The first-order valence-corrected chi connectivity index (χ1v) is 12.5. The van der Waals surface area contributed by atoms with Crippen molar-refractivity contribution in [2.24, 2.45) is 5.73 Å². The molecule has 1 aliphatic heterocycles. The van der Waals surface area contributed by atoms with E-state index < -0.39 is 8.07 Å². The van der Waals surface area contributed by atoms with Crippen LogP contribution in [0.5, 0.6) is 0 Å². The van der Waals surface area contributed by atoms with Crippen LogP contribution in [0.15, 0.2) is 18.5 Å². The third kappa shape index (κ3) is 4.34. The van der Waals surface area contributed by atoms with Gasteiger partial charge in [-0.25, -0.2) is 9.97 Å². The molecule has 0 spiro atoms. The van der Waals surface area contributed by atoms with Crippen molar-refractivity contribution < 1.29 is 4.74 Å². The zero-order valence-electron chi connectivity index (χ0n) is 15.0. The Morgan fingerprint density at radius 3 is 2.96 bits per heavy atom. The molecule has 0 aliphatic carbocycles. The highest BCUT2D eigenvalue weighted by atomic mass is 28.3. The van der Waals surface area contributed by atoms with Crippen molar-refractivity contribution in [3.63, 3.8) is 0 Å². The molecule has 2 aromatic heterocycles. The Kier molecular flexibility index (Phi) is 5.22. The molecule has 2 N–H and O–H groups in total. The van der Waals surface area contributed by atoms with Crippen molar-refractivity contribution in [1.29, 1.82) is 0 Å². The molecule has 3 rings (SSSR count). The van der Waals surface area contributed by atoms with Gasteiger partial charge in [0.05, 0.1) is 6.20 Å². The molecule has 2 aromatic rings. The number of ether oxygens (including phenoxy) is 1. The monoisotopic (exact) mass is 347 g/mol. The summed E-state index contributed by atoms with van der Waals surface area (Å²) in [5.41, 5.74) is 7.87. The van der Waals surface area contributed by atoms with Crippen molar-refractivity contribution in [1.82, 2.24) is 14.5 Å². The Bertz CT molecular complexity index is 681. The predicted octanol–water partition coefficient (Wildman–Crippen LogP) is 2.67. The summed E-state index contributed by atoms with van der Waals surface area (Å²) in [6.07, 6.45) is 6.08. The number of hydrogen-bond acceptors (Lipinski definition) is 5. The quantitative estimate of drug-likeness (QED) is 0.643. The van der Waals surface area contributed by atoms with Crippen LogP contribution in [0.1, 0.15) is 12.8 Å². The molecule has 1 saturated heterocycles. The minimum atomic E-state index is -1.04. The van der Waals surface area contributed by atoms with E-state index in [-0.39, 0.29) is 6.04 Å². The van der Waals surface area contributed by atoms with E-state index in [1.165, 1.54) is 6.04 Å². The van der Waals surface area contributed by atoms with Gasteiger partial charge < -0.3 is 19.9 Å². The third-order valence-electron chi connectivity index (χ3n) is 4.46. The lowest BCUT2D eigenvalue weighted by Crippen LogP contribution is -2.43. The average molecular weight is 348 g/mol. The summed E-state index contributed by atoms with van der Waals surface area (Å²) in [6.45, 7) is 10.3. The minimum absolute atomic E-state index is 0.237. The van der Waals surface area contributed by atoms with Gasteiger partial charge in [-0.15, -0.1) is 0 Å². The first-order chi connectivity index (χ1) is 11.4. The second-order valence-corrected chi connectivity index (χ2v) is 13.5. The fourth-order valence-electron chi connectivity index (χ4n) is 2.97. The molecule has 1 unspecified atom stereocenters. The Morgan fingerprint density at radius 1 is 1.38 bits per heavy atom. The molecule has 7 heteroatoms. The van der Waals surface area contributed by atoms with Gasteiger partial charge in [0.1, 0.15) is 18.1 Å². The molecule has 0 bridgehead atoms. The van der Waals surface area contributed by atoms with Gasteiger partial charge in [0, 0.05) is 40.0 Å². The van der Waals surface area contributed by atoms with Gasteiger partial charge in [0.15, 0.2) is 5.65 Å². The van der Waals surface area contributed by atoms with E-state index in [9.17, 15) is 0 Å². The highest BCUT2D eigenvalue weighted by molar-refractivity contribution is 6.76. The van der Waals surface area contributed by atoms with E-state index in [4.69, 9.17) is 15.5 Å². The Balaban J connectivity index is 1.65. The lowest BCUT2D eigenvalue weighted by atomic mass is 10.1. The molecule has 24 heavy (non-hydrogen) atoms. The van der Waals surface area contributed by atoms with E-state index in [1.54, 1.807) is 0 Å². The number of nitrogens with two attached hydrogens (primary N) is 1. The maximum atomic E-state index is 6.07. The molecule has 1 aliphatic rings. The van der Waals surface area contributed by atoms with E-state index in [2.05, 4.69) is 29.5 Å². The van der Waals surface area contributed by atoms with Crippen LogP contribution in [-0.2, 0) is 11.5 Å². The van der Waals surface area contributed by atoms with Crippen LogP contribution in [0.4, 0.5) is 5.82 Å². The number of nitrogens with zero attached hydrogens (tertiary/aromatic N) is 4. The average Bonchev–Trinajstić information content (AvgIpc) is 2.93. The van der Waals surface area contributed by atoms with Crippen LogP contribution in [0.3, 0.4) is 0 Å². The van der Waals surface area contributed by atoms with Gasteiger partial charge in [0.2, 0.25) is 0 Å². The van der Waals surface area contributed by atoms with Gasteiger partial charge in [-0.2, -0.15) is 0 Å². The fourth-order valence-corrected chi connectivity index (χ4v) is 3.72. The Hall–Kier alpha value is -1.44. The van der Waals surface area contributed by atoms with E-state index in [1.807, 2.05) is 23.0 Å². The largest absolute Gasteiger partial charge is 0.361 e. The van der Waals surface area contributed by atoms with E-state index in [0.29, 0.717) is 6.73 Å². The summed E-state index contributed by atoms with van der Waals surface area (Å²) >= 11 is 0. The smallest absolute Gasteiger partial charge is 0.160 e. The first kappa shape index (κ1) is 17.4. The summed E-state index contributed by atoms with van der Waals surface area (Å²) in [5.74, 6) is 0.926. The maximum Gasteiger partial charge on any atom is 0.160 e. The van der Waals surface area contributed by atoms with Crippen molar-refractivity contribution in [2.45, 2.75) is 51.3 Å². The summed E-state index contributed by atoms with van der Waals surface area (Å²) in [4.78, 5) is 11.6.